The van der Waals surface area contributed by atoms with Crippen LogP contribution in [0.15, 0.2) is 35.3 Å². The van der Waals surface area contributed by atoms with Crippen LogP contribution < -0.4 is 10.6 Å². The van der Waals surface area contributed by atoms with Gasteiger partial charge in [0, 0.05) is 44.8 Å². The van der Waals surface area contributed by atoms with Crippen molar-refractivity contribution in [2.75, 3.05) is 39.8 Å². The van der Waals surface area contributed by atoms with E-state index in [4.69, 9.17) is 4.99 Å². The molecule has 1 unspecified atom stereocenters. The molecule has 0 aromatic heterocycles. The van der Waals surface area contributed by atoms with Gasteiger partial charge in [-0.05, 0) is 45.7 Å². The van der Waals surface area contributed by atoms with Gasteiger partial charge in [0.05, 0.1) is 6.54 Å². The fourth-order valence-electron chi connectivity index (χ4n) is 3.44. The Morgan fingerprint density at radius 2 is 1.93 bits per heavy atom. The molecule has 2 rings (SSSR count). The zero-order valence-corrected chi connectivity index (χ0v) is 17.7. The first-order valence-corrected chi connectivity index (χ1v) is 10.6. The summed E-state index contributed by atoms with van der Waals surface area (Å²) in [5.74, 6) is 0.969. The Hall–Kier alpha value is -1.59. The number of likely N-dealkylation sites (N-methyl/N-ethyl adjacent to an activating group) is 1. The van der Waals surface area contributed by atoms with E-state index in [1.54, 1.807) is 0 Å². The van der Waals surface area contributed by atoms with Gasteiger partial charge in [0.25, 0.3) is 0 Å². The summed E-state index contributed by atoms with van der Waals surface area (Å²) in [6, 6.07) is 11.9. The Kier molecular flexibility index (Phi) is 9.64. The van der Waals surface area contributed by atoms with Gasteiger partial charge in [-0.15, -0.1) is 0 Å². The van der Waals surface area contributed by atoms with Crippen molar-refractivity contribution in [1.82, 2.24) is 20.4 Å². The van der Waals surface area contributed by atoms with Crippen LogP contribution in [0.5, 0.6) is 0 Å². The lowest BCUT2D eigenvalue weighted by Crippen LogP contribution is -2.48. The van der Waals surface area contributed by atoms with Gasteiger partial charge < -0.3 is 15.5 Å². The summed E-state index contributed by atoms with van der Waals surface area (Å²) in [5, 5.41) is 7.06. The van der Waals surface area contributed by atoms with Crippen molar-refractivity contribution in [3.63, 3.8) is 0 Å². The van der Waals surface area contributed by atoms with Crippen LogP contribution in [-0.2, 0) is 6.54 Å². The molecule has 0 bridgehead atoms. The Balaban J connectivity index is 1.75. The molecule has 0 aliphatic carbocycles. The molecule has 27 heavy (non-hydrogen) atoms. The van der Waals surface area contributed by atoms with E-state index in [9.17, 15) is 0 Å². The zero-order chi connectivity index (χ0) is 19.5. The van der Waals surface area contributed by atoms with Crippen molar-refractivity contribution in [2.45, 2.75) is 58.7 Å². The minimum Gasteiger partial charge on any atom is -0.357 e. The quantitative estimate of drug-likeness (QED) is 0.516. The minimum absolute atomic E-state index is 0.516. The molecule has 1 fully saturated rings. The van der Waals surface area contributed by atoms with Gasteiger partial charge in [-0.1, -0.05) is 37.3 Å². The van der Waals surface area contributed by atoms with Crippen molar-refractivity contribution in [3.8, 4) is 0 Å². The smallest absolute Gasteiger partial charge is 0.191 e. The predicted octanol–water partition coefficient (Wildman–Crippen LogP) is 2.94. The Morgan fingerprint density at radius 3 is 2.56 bits per heavy atom. The molecule has 1 aromatic rings. The van der Waals surface area contributed by atoms with Gasteiger partial charge in [-0.2, -0.15) is 0 Å². The number of likely N-dealkylation sites (tertiary alicyclic amines) is 1. The molecule has 152 valence electrons. The van der Waals surface area contributed by atoms with E-state index in [2.05, 4.69) is 78.6 Å². The van der Waals surface area contributed by atoms with Crippen LogP contribution in [0.1, 0.15) is 45.6 Å². The van der Waals surface area contributed by atoms with Crippen molar-refractivity contribution in [3.05, 3.63) is 35.9 Å². The highest BCUT2D eigenvalue weighted by Crippen LogP contribution is 2.13. The first-order valence-electron chi connectivity index (χ1n) is 10.6. The molecule has 0 saturated carbocycles. The summed E-state index contributed by atoms with van der Waals surface area (Å²) in [6.07, 6.45) is 3.52. The summed E-state index contributed by atoms with van der Waals surface area (Å²) in [7, 11) is 2.19. The fraction of sp³-hybridized carbons (Fsp3) is 0.682. The number of guanidine groups is 1. The number of benzene rings is 1. The Bertz CT molecular complexity index is 537. The van der Waals surface area contributed by atoms with E-state index in [-0.39, 0.29) is 0 Å². The lowest BCUT2D eigenvalue weighted by molar-refractivity contribution is 0.198. The molecule has 1 aliphatic heterocycles. The van der Waals surface area contributed by atoms with E-state index in [1.807, 2.05) is 0 Å². The minimum atomic E-state index is 0.516. The SMILES string of the molecule is CCNC(=NCCN(C)C(C)CC)NC1CCN(Cc2ccccc2)CC1. The maximum atomic E-state index is 4.79. The molecule has 1 saturated heterocycles. The average molecular weight is 374 g/mol. The van der Waals surface area contributed by atoms with Crippen molar-refractivity contribution in [1.29, 1.82) is 0 Å². The average Bonchev–Trinajstić information content (AvgIpc) is 2.69. The second-order valence-electron chi connectivity index (χ2n) is 7.68. The maximum Gasteiger partial charge on any atom is 0.191 e. The molecule has 1 aromatic carbocycles. The number of rotatable bonds is 9. The zero-order valence-electron chi connectivity index (χ0n) is 17.7. The monoisotopic (exact) mass is 373 g/mol. The standard InChI is InChI=1S/C22H39N5/c1-5-19(3)26(4)17-14-24-22(23-6-2)25-21-12-15-27(16-13-21)18-20-10-8-7-9-11-20/h7-11,19,21H,5-6,12-18H2,1-4H3,(H2,23,24,25). The largest absolute Gasteiger partial charge is 0.357 e. The van der Waals surface area contributed by atoms with Gasteiger partial charge in [-0.3, -0.25) is 9.89 Å². The van der Waals surface area contributed by atoms with Crippen molar-refractivity contribution >= 4 is 5.96 Å². The molecule has 0 amide bonds. The summed E-state index contributed by atoms with van der Waals surface area (Å²) >= 11 is 0. The van der Waals surface area contributed by atoms with E-state index >= 15 is 0 Å². The second-order valence-corrected chi connectivity index (χ2v) is 7.68. The first-order chi connectivity index (χ1) is 13.1. The molecule has 0 radical (unpaired) electrons. The van der Waals surface area contributed by atoms with Crippen molar-refractivity contribution < 1.29 is 0 Å². The van der Waals surface area contributed by atoms with Gasteiger partial charge >= 0.3 is 0 Å². The fourth-order valence-corrected chi connectivity index (χ4v) is 3.44. The molecular weight excluding hydrogens is 334 g/mol. The van der Waals surface area contributed by atoms with Crippen LogP contribution in [0.2, 0.25) is 0 Å². The maximum absolute atomic E-state index is 4.79. The van der Waals surface area contributed by atoms with E-state index < -0.39 is 0 Å². The molecule has 1 heterocycles. The molecular formula is C22H39N5. The van der Waals surface area contributed by atoms with Crippen molar-refractivity contribution in [2.24, 2.45) is 4.99 Å². The van der Waals surface area contributed by atoms with Gasteiger partial charge in [0.15, 0.2) is 5.96 Å². The van der Waals surface area contributed by atoms with Crippen LogP contribution in [0.25, 0.3) is 0 Å². The van der Waals surface area contributed by atoms with Crippen LogP contribution in [0.4, 0.5) is 0 Å². The number of hydrogen-bond acceptors (Lipinski definition) is 3. The number of piperidine rings is 1. The molecule has 2 N–H and O–H groups in total. The number of aliphatic imine (C=N–C) groups is 1. The lowest BCUT2D eigenvalue weighted by Gasteiger charge is -2.33. The van der Waals surface area contributed by atoms with Crippen LogP contribution >= 0.6 is 0 Å². The molecule has 1 aliphatic rings. The van der Waals surface area contributed by atoms with Gasteiger partial charge in [-0.25, -0.2) is 0 Å². The molecule has 0 spiro atoms. The number of nitrogens with one attached hydrogen (secondary N) is 2. The third kappa shape index (κ3) is 7.89. The molecule has 5 heteroatoms. The highest BCUT2D eigenvalue weighted by Gasteiger charge is 2.20. The van der Waals surface area contributed by atoms with Crippen LogP contribution in [0.3, 0.4) is 0 Å². The normalized spacial score (nSPS) is 17.9. The lowest BCUT2D eigenvalue weighted by atomic mass is 10.0. The van der Waals surface area contributed by atoms with E-state index in [0.29, 0.717) is 12.1 Å². The molecule has 5 nitrogen and oxygen atoms in total. The summed E-state index contributed by atoms with van der Waals surface area (Å²) in [6.45, 7) is 12.7. The third-order valence-electron chi connectivity index (χ3n) is 5.59. The van der Waals surface area contributed by atoms with Crippen LogP contribution in [-0.4, -0.2) is 67.6 Å². The predicted molar refractivity (Wildman–Crippen MR) is 116 cm³/mol. The van der Waals surface area contributed by atoms with Crippen LogP contribution in [0, 0.1) is 0 Å². The highest BCUT2D eigenvalue weighted by molar-refractivity contribution is 5.80. The third-order valence-corrected chi connectivity index (χ3v) is 5.59. The Labute approximate surface area is 166 Å². The van der Waals surface area contributed by atoms with E-state index in [1.165, 1.54) is 24.8 Å². The topological polar surface area (TPSA) is 42.9 Å². The van der Waals surface area contributed by atoms with E-state index in [0.717, 1.165) is 45.2 Å². The van der Waals surface area contributed by atoms with Gasteiger partial charge in [0.1, 0.15) is 0 Å². The summed E-state index contributed by atoms with van der Waals surface area (Å²) in [4.78, 5) is 9.73. The summed E-state index contributed by atoms with van der Waals surface area (Å²) < 4.78 is 0. The summed E-state index contributed by atoms with van der Waals surface area (Å²) in [5.41, 5.74) is 1.41. The van der Waals surface area contributed by atoms with Gasteiger partial charge in [0.2, 0.25) is 0 Å². The highest BCUT2D eigenvalue weighted by atomic mass is 15.2. The molecule has 1 atom stereocenters. The second kappa shape index (κ2) is 12.0. The Morgan fingerprint density at radius 1 is 1.22 bits per heavy atom. The number of nitrogens with zero attached hydrogens (tertiary/aromatic N) is 3. The number of hydrogen-bond donors (Lipinski definition) is 2. The first kappa shape index (κ1) is 21.7.